The number of fused-ring (bicyclic) bond motifs is 13. The summed E-state index contributed by atoms with van der Waals surface area (Å²) < 4.78 is 1.51. The molecule has 7 rings (SSSR count). The van der Waals surface area contributed by atoms with Crippen LogP contribution in [0.5, 0.6) is 0 Å². The van der Waals surface area contributed by atoms with Crippen LogP contribution in [0.15, 0.2) is 35.7 Å². The van der Waals surface area contributed by atoms with Crippen LogP contribution in [0.1, 0.15) is 109 Å². The Balaban J connectivity index is 1.58. The molecule has 1 aromatic carbocycles. The molecule has 4 aliphatic rings. The summed E-state index contributed by atoms with van der Waals surface area (Å²) in [5.41, 5.74) is 12.6. The van der Waals surface area contributed by atoms with Crippen LogP contribution in [0.2, 0.25) is 0 Å². The second kappa shape index (κ2) is 26.8. The van der Waals surface area contributed by atoms with Gasteiger partial charge in [0.25, 0.3) is 0 Å². The molecule has 0 unspecified atom stereocenters. The van der Waals surface area contributed by atoms with Gasteiger partial charge in [0.1, 0.15) is 60.5 Å². The lowest BCUT2D eigenvalue weighted by atomic mass is 9.81. The van der Waals surface area contributed by atoms with Crippen molar-refractivity contribution in [1.29, 1.82) is 0 Å². The highest BCUT2D eigenvalue weighted by molar-refractivity contribution is 6.00. The number of nitrogens with two attached hydrogens (primary N) is 2. The van der Waals surface area contributed by atoms with E-state index in [1.165, 1.54) is 17.1 Å². The van der Waals surface area contributed by atoms with Gasteiger partial charge >= 0.3 is 11.9 Å². The minimum atomic E-state index is -1.90. The molecule has 2 aromatic heterocycles. The standard InChI is InChI=1S/C52H73N15O13/c1-7-25(6)41-49(77)63-35-18-29-28-11-10-26(40(24(4)5)42(66-45(73)31-12-13-37(68)58-31)50(78)62-33(15-23(2)3)48(76)65-41)16-32(28)60-43(29)67-21-27(57-22-67)17-34(46(74)64-36(51(79)80)19-39(70)71)59-38(69)20-56-44(72)30(61-47(35)75)9-8-14-55-52(53)54/h10-11,16,21-25,30-31,33-36,40-42,60H,7-9,12-15,17-20H2,1-6H3,(H,56,72)(H,58,68)(H,59,69)(H,61,75)(H,62,78)(H,63,77)(H,64,74)(H,65,76)(H,66,73)(H,70,71)(H,79,80)(H4,53,54,55)/t25-,30+,31+,33+,34-,35-,36+,40-,41+,42+/m0/s1. The third-order valence-electron chi connectivity index (χ3n) is 14.4. The van der Waals surface area contributed by atoms with Crippen molar-refractivity contribution < 1.29 is 63.0 Å². The fourth-order valence-electron chi connectivity index (χ4n) is 10.1. The molecule has 0 radical (unpaired) electrons. The first-order chi connectivity index (χ1) is 37.8. The highest BCUT2D eigenvalue weighted by atomic mass is 16.4. The maximum atomic E-state index is 15.0. The number of imidazole rings is 1. The van der Waals surface area contributed by atoms with Crippen LogP contribution in [0.4, 0.5) is 0 Å². The highest BCUT2D eigenvalue weighted by Gasteiger charge is 2.41. The number of nitrogens with one attached hydrogen (secondary N) is 10. The topological polar surface area (TPSA) is 435 Å². The van der Waals surface area contributed by atoms with Gasteiger partial charge in [0, 0.05) is 54.4 Å². The Labute approximate surface area is 460 Å². The Morgan fingerprint density at radius 2 is 1.54 bits per heavy atom. The lowest BCUT2D eigenvalue weighted by Crippen LogP contribution is -2.61. The molecule has 6 heterocycles. The van der Waals surface area contributed by atoms with E-state index in [1.807, 2.05) is 27.7 Å². The fourth-order valence-corrected chi connectivity index (χ4v) is 10.1. The van der Waals surface area contributed by atoms with E-state index < -0.39 is 139 Å². The first-order valence-corrected chi connectivity index (χ1v) is 26.7. The number of aliphatic carboxylic acids is 2. The van der Waals surface area contributed by atoms with Crippen LogP contribution in [0, 0.1) is 17.8 Å². The van der Waals surface area contributed by atoms with Crippen molar-refractivity contribution in [2.24, 2.45) is 34.2 Å². The number of amides is 9. The van der Waals surface area contributed by atoms with Crippen LogP contribution in [-0.2, 0) is 65.6 Å². The van der Waals surface area contributed by atoms with Gasteiger partial charge in [-0.1, -0.05) is 60.1 Å². The van der Waals surface area contributed by atoms with Gasteiger partial charge in [0.15, 0.2) is 5.96 Å². The van der Waals surface area contributed by atoms with E-state index >= 15 is 4.79 Å². The predicted molar refractivity (Wildman–Crippen MR) is 287 cm³/mol. The van der Waals surface area contributed by atoms with Gasteiger partial charge in [-0.05, 0) is 55.1 Å². The zero-order valence-corrected chi connectivity index (χ0v) is 45.5. The molecular weight excluding hydrogens is 1040 g/mol. The number of aromatic nitrogens is 3. The molecule has 1 saturated heterocycles. The van der Waals surface area contributed by atoms with Gasteiger partial charge in [-0.3, -0.25) is 57.5 Å². The summed E-state index contributed by atoms with van der Waals surface area (Å²) >= 11 is 0. The summed E-state index contributed by atoms with van der Waals surface area (Å²) in [5, 5.41) is 43.6. The predicted octanol–water partition coefficient (Wildman–Crippen LogP) is -2.30. The van der Waals surface area contributed by atoms with Crippen LogP contribution < -0.4 is 59.3 Å². The zero-order valence-electron chi connectivity index (χ0n) is 45.5. The molecule has 1 fully saturated rings. The number of H-pyrrole nitrogens is 1. The van der Waals surface area contributed by atoms with Crippen molar-refractivity contribution >= 4 is 82.0 Å². The molecule has 80 heavy (non-hydrogen) atoms. The minimum absolute atomic E-state index is 0.0180. The smallest absolute Gasteiger partial charge is 0.326 e. The Hall–Kier alpha value is -8.59. The first-order valence-electron chi connectivity index (χ1n) is 26.7. The molecular formula is C52H73N15O13. The summed E-state index contributed by atoms with van der Waals surface area (Å²) in [5.74, 6) is -12.0. The highest BCUT2D eigenvalue weighted by Crippen LogP contribution is 2.35. The molecule has 10 atom stereocenters. The third kappa shape index (κ3) is 15.6. The van der Waals surface area contributed by atoms with Gasteiger partial charge in [-0.2, -0.15) is 0 Å². The number of nitrogens with zero attached hydrogens (tertiary/aromatic N) is 3. The van der Waals surface area contributed by atoms with E-state index in [4.69, 9.17) is 11.5 Å². The van der Waals surface area contributed by atoms with Gasteiger partial charge < -0.3 is 74.5 Å². The number of hydrogen-bond acceptors (Lipinski definition) is 13. The number of carboxylic acid groups (broad SMARTS) is 2. The molecule has 0 spiro atoms. The summed E-state index contributed by atoms with van der Waals surface area (Å²) in [6, 6.07) is -6.00. The minimum Gasteiger partial charge on any atom is -0.481 e. The quantitative estimate of drug-likeness (QED) is 0.0310. The van der Waals surface area contributed by atoms with Crippen molar-refractivity contribution in [2.45, 2.75) is 154 Å². The number of aliphatic imine (C=N–C) groups is 1. The number of aromatic amines is 1. The second-order valence-corrected chi connectivity index (χ2v) is 21.3. The van der Waals surface area contributed by atoms with Crippen molar-refractivity contribution in [3.8, 4) is 5.82 Å². The Morgan fingerprint density at radius 3 is 2.17 bits per heavy atom. The van der Waals surface area contributed by atoms with E-state index in [9.17, 15) is 58.2 Å². The molecule has 0 saturated carbocycles. The maximum Gasteiger partial charge on any atom is 0.326 e. The number of carbonyl (C=O) groups is 11. The Bertz CT molecular complexity index is 2890. The molecule has 16 N–H and O–H groups in total. The average Bonchev–Trinajstić information content (AvgIpc) is 4.16. The van der Waals surface area contributed by atoms with Gasteiger partial charge in [-0.25, -0.2) is 9.78 Å². The van der Waals surface area contributed by atoms with Crippen LogP contribution >= 0.6 is 0 Å². The molecule has 7 bridgehead atoms. The molecule has 28 heteroatoms. The summed E-state index contributed by atoms with van der Waals surface area (Å²) in [6.45, 7) is 10.2. The Kier molecular flexibility index (Phi) is 20.3. The number of rotatable bonds is 16. The number of carboxylic acids is 2. The van der Waals surface area contributed by atoms with Crippen molar-refractivity contribution in [1.82, 2.24) is 62.4 Å². The third-order valence-corrected chi connectivity index (χ3v) is 14.4. The van der Waals surface area contributed by atoms with E-state index in [2.05, 4.69) is 62.8 Å². The average molecular weight is 1120 g/mol. The fraction of sp³-hybridized carbons (Fsp3) is 0.558. The molecule has 434 valence electrons. The normalized spacial score (nSPS) is 24.1. The lowest BCUT2D eigenvalue weighted by molar-refractivity contribution is -0.147. The van der Waals surface area contributed by atoms with Gasteiger partial charge in [0.05, 0.1) is 18.7 Å². The maximum absolute atomic E-state index is 15.0. The van der Waals surface area contributed by atoms with Crippen molar-refractivity contribution in [3.05, 3.63) is 47.5 Å². The van der Waals surface area contributed by atoms with Gasteiger partial charge in [-0.15, -0.1) is 0 Å². The Morgan fingerprint density at radius 1 is 0.825 bits per heavy atom. The van der Waals surface area contributed by atoms with Crippen molar-refractivity contribution in [3.63, 3.8) is 0 Å². The molecule has 3 aromatic rings. The number of guanidine groups is 1. The van der Waals surface area contributed by atoms with E-state index in [0.717, 1.165) is 0 Å². The van der Waals surface area contributed by atoms with Crippen molar-refractivity contribution in [2.75, 3.05) is 13.1 Å². The van der Waals surface area contributed by atoms with E-state index in [0.29, 0.717) is 28.5 Å². The van der Waals surface area contributed by atoms with E-state index in [1.54, 1.807) is 32.0 Å². The lowest BCUT2D eigenvalue weighted by Gasteiger charge is -2.33. The molecule has 0 aliphatic carbocycles. The summed E-state index contributed by atoms with van der Waals surface area (Å²) in [4.78, 5) is 163. The number of carbonyl (C=O) groups excluding carboxylic acids is 9. The second-order valence-electron chi connectivity index (χ2n) is 21.3. The van der Waals surface area contributed by atoms with Gasteiger partial charge in [0.2, 0.25) is 53.2 Å². The molecule has 28 nitrogen and oxygen atoms in total. The van der Waals surface area contributed by atoms with Crippen LogP contribution in [0.3, 0.4) is 0 Å². The number of hydrogen-bond donors (Lipinski definition) is 14. The SMILES string of the molecule is CC[C@H](C)[C@H]1NC(=O)[C@@H](CC(C)C)NC(=O)[C@H](NC(=O)[C@H]2CCC(=O)N2)[C@@H](C(C)C)c2ccc3c4c([nH]c3c2)-n2cnc(c2)C[C@@H](C(=O)N[C@H](CC(=O)O)C(=O)O)NC(=O)CNC(=O)[C@@H](CCCN=C(N)N)NC(=O)[C@H](C4)NC1=O. The number of benzene rings is 1. The van der Waals surface area contributed by atoms with E-state index in [-0.39, 0.29) is 80.3 Å². The summed E-state index contributed by atoms with van der Waals surface area (Å²) in [6.07, 6.45) is 1.90. The monoisotopic (exact) mass is 1120 g/mol. The molecule has 9 amide bonds. The molecule has 4 aliphatic heterocycles. The first kappa shape index (κ1) is 60.6. The van der Waals surface area contributed by atoms with Crippen LogP contribution in [-0.4, -0.2) is 157 Å². The zero-order chi connectivity index (χ0) is 58.7. The summed E-state index contributed by atoms with van der Waals surface area (Å²) in [7, 11) is 0. The largest absolute Gasteiger partial charge is 0.481 e. The van der Waals surface area contributed by atoms with Crippen LogP contribution in [0.25, 0.3) is 16.7 Å².